The van der Waals surface area contributed by atoms with Gasteiger partial charge in [-0.05, 0) is 71.1 Å². The van der Waals surface area contributed by atoms with Crippen molar-refractivity contribution in [2.24, 2.45) is 10.7 Å². The summed E-state index contributed by atoms with van der Waals surface area (Å²) in [6.45, 7) is 0.0506. The summed E-state index contributed by atoms with van der Waals surface area (Å²) in [5.74, 6) is -1.53. The summed E-state index contributed by atoms with van der Waals surface area (Å²) in [7, 11) is 0. The molecule has 198 valence electrons. The van der Waals surface area contributed by atoms with Crippen molar-refractivity contribution in [1.82, 2.24) is 4.90 Å². The predicted molar refractivity (Wildman–Crippen MR) is 146 cm³/mol. The van der Waals surface area contributed by atoms with Crippen molar-refractivity contribution >= 4 is 17.6 Å². The van der Waals surface area contributed by atoms with Crippen LogP contribution in [-0.4, -0.2) is 22.5 Å². The second-order valence-corrected chi connectivity index (χ2v) is 9.52. The Kier molecular flexibility index (Phi) is 7.21. The Morgan fingerprint density at radius 3 is 2.05 bits per heavy atom. The number of halogens is 2. The lowest BCUT2D eigenvalue weighted by Crippen LogP contribution is -2.43. The molecule has 4 aromatic carbocycles. The molecule has 0 aliphatic carbocycles. The number of nitriles is 1. The third-order valence-electron chi connectivity index (χ3n) is 6.95. The predicted octanol–water partition coefficient (Wildman–Crippen LogP) is 5.25. The van der Waals surface area contributed by atoms with Gasteiger partial charge in [-0.2, -0.15) is 5.26 Å². The normalized spacial score (nSPS) is 14.1. The first kappa shape index (κ1) is 26.4. The van der Waals surface area contributed by atoms with Gasteiger partial charge in [0.15, 0.2) is 17.3 Å². The minimum absolute atomic E-state index is 0.0452. The van der Waals surface area contributed by atoms with Crippen molar-refractivity contribution < 1.29 is 18.4 Å². The number of amides is 1. The maximum Gasteiger partial charge on any atom is 0.266 e. The lowest BCUT2D eigenvalue weighted by molar-refractivity contribution is -0.130. The van der Waals surface area contributed by atoms with Gasteiger partial charge in [0, 0.05) is 12.0 Å². The van der Waals surface area contributed by atoms with Gasteiger partial charge in [0.2, 0.25) is 0 Å². The van der Waals surface area contributed by atoms with Crippen LogP contribution in [0.25, 0.3) is 0 Å². The molecule has 8 heteroatoms. The topological polar surface area (TPSA) is 99.5 Å². The molecular weight excluding hydrogens is 510 g/mol. The van der Waals surface area contributed by atoms with E-state index in [0.717, 1.165) is 5.56 Å². The Hall–Kier alpha value is -5.16. The van der Waals surface area contributed by atoms with E-state index in [0.29, 0.717) is 34.2 Å². The summed E-state index contributed by atoms with van der Waals surface area (Å²) in [5.41, 5.74) is 8.13. The van der Waals surface area contributed by atoms with Crippen LogP contribution in [-0.2, 0) is 23.3 Å². The number of guanidine groups is 1. The largest absolute Gasteiger partial charge is 0.369 e. The number of Topliss-reactive ketones (excluding diaryl/α,β-unsaturated/α-hetero) is 1. The van der Waals surface area contributed by atoms with E-state index < -0.39 is 23.1 Å². The molecule has 0 spiro atoms. The number of carbonyl (C=O) groups is 2. The number of benzene rings is 4. The summed E-state index contributed by atoms with van der Waals surface area (Å²) < 4.78 is 27.5. The van der Waals surface area contributed by atoms with Crippen LogP contribution in [0.1, 0.15) is 44.6 Å². The third kappa shape index (κ3) is 5.09. The third-order valence-corrected chi connectivity index (χ3v) is 6.95. The molecule has 4 aromatic rings. The Labute approximate surface area is 230 Å². The van der Waals surface area contributed by atoms with Crippen LogP contribution in [0.15, 0.2) is 102 Å². The fourth-order valence-electron chi connectivity index (χ4n) is 4.83. The Balaban J connectivity index is 1.38. The maximum absolute atomic E-state index is 14.0. The molecule has 1 aliphatic rings. The molecule has 0 saturated carbocycles. The van der Waals surface area contributed by atoms with Crippen molar-refractivity contribution in [2.75, 3.05) is 0 Å². The fourth-order valence-corrected chi connectivity index (χ4v) is 4.83. The smallest absolute Gasteiger partial charge is 0.266 e. The minimum Gasteiger partial charge on any atom is -0.369 e. The molecular formula is C32H24F2N4O2. The van der Waals surface area contributed by atoms with Crippen LogP contribution < -0.4 is 5.73 Å². The van der Waals surface area contributed by atoms with E-state index >= 15 is 0 Å². The summed E-state index contributed by atoms with van der Waals surface area (Å²) in [6, 6.07) is 26.9. The van der Waals surface area contributed by atoms with Crippen LogP contribution in [0.5, 0.6) is 0 Å². The first-order valence-corrected chi connectivity index (χ1v) is 12.6. The number of nitrogens with two attached hydrogens (primary N) is 1. The monoisotopic (exact) mass is 534 g/mol. The van der Waals surface area contributed by atoms with Crippen LogP contribution in [0.2, 0.25) is 0 Å². The average Bonchev–Trinajstić information content (AvgIpc) is 3.22. The van der Waals surface area contributed by atoms with Gasteiger partial charge >= 0.3 is 0 Å². The van der Waals surface area contributed by atoms with Gasteiger partial charge in [-0.25, -0.2) is 13.8 Å². The number of aliphatic imine (C=N–C) groups is 1. The number of carbonyl (C=O) groups excluding carboxylic acids is 2. The number of nitrogens with zero attached hydrogens (tertiary/aromatic N) is 3. The second-order valence-electron chi connectivity index (χ2n) is 9.52. The van der Waals surface area contributed by atoms with E-state index in [2.05, 4.69) is 11.1 Å². The van der Waals surface area contributed by atoms with E-state index in [1.807, 2.05) is 12.1 Å². The molecule has 1 amide bonds. The molecule has 1 heterocycles. The van der Waals surface area contributed by atoms with Gasteiger partial charge in [0.25, 0.3) is 5.91 Å². The first-order chi connectivity index (χ1) is 19.3. The molecule has 0 unspecified atom stereocenters. The highest BCUT2D eigenvalue weighted by Crippen LogP contribution is 2.40. The molecule has 0 fully saturated rings. The van der Waals surface area contributed by atoms with Crippen LogP contribution in [0, 0.1) is 23.0 Å². The average molecular weight is 535 g/mol. The maximum atomic E-state index is 14.0. The second kappa shape index (κ2) is 10.9. The van der Waals surface area contributed by atoms with Crippen molar-refractivity contribution in [2.45, 2.75) is 24.9 Å². The first-order valence-electron chi connectivity index (χ1n) is 12.6. The molecule has 40 heavy (non-hydrogen) atoms. The Bertz CT molecular complexity index is 1600. The number of hydrogen-bond acceptors (Lipinski definition) is 5. The quantitative estimate of drug-likeness (QED) is 0.312. The standard InChI is InChI=1S/C32H24F2N4O2/c33-27-13-9-25(10-14-27)32(26-11-15-28(34)16-12-26)30(40)38(31(36)37-32)20-23-2-1-3-24(18-23)29(39)17-8-21-4-6-22(19-35)7-5-21/h1-7,9-16,18H,8,17,20H2,(H2,36,37). The molecule has 0 bridgehead atoms. The summed E-state index contributed by atoms with van der Waals surface area (Å²) in [5, 5.41) is 8.95. The number of rotatable bonds is 8. The van der Waals surface area contributed by atoms with Gasteiger partial charge in [-0.1, -0.05) is 54.6 Å². The SMILES string of the molecule is N#Cc1ccc(CCC(=O)c2cccc(CN3C(=O)C(c4ccc(F)cc4)(c4ccc(F)cc4)N=C3N)c2)cc1. The van der Waals surface area contributed by atoms with Crippen molar-refractivity contribution in [1.29, 1.82) is 5.26 Å². The van der Waals surface area contributed by atoms with E-state index in [1.54, 1.807) is 36.4 Å². The highest BCUT2D eigenvalue weighted by atomic mass is 19.1. The molecule has 2 N–H and O–H groups in total. The zero-order chi connectivity index (χ0) is 28.3. The highest BCUT2D eigenvalue weighted by Gasteiger charge is 2.50. The van der Waals surface area contributed by atoms with Crippen LogP contribution in [0.3, 0.4) is 0 Å². The zero-order valence-electron chi connectivity index (χ0n) is 21.4. The van der Waals surface area contributed by atoms with Gasteiger partial charge in [0.05, 0.1) is 18.2 Å². The van der Waals surface area contributed by atoms with E-state index in [1.165, 1.54) is 53.4 Å². The molecule has 6 nitrogen and oxygen atoms in total. The highest BCUT2D eigenvalue weighted by molar-refractivity contribution is 6.09. The van der Waals surface area contributed by atoms with Crippen molar-refractivity contribution in [3.63, 3.8) is 0 Å². The molecule has 1 aliphatic heterocycles. The Morgan fingerprint density at radius 1 is 0.875 bits per heavy atom. The minimum atomic E-state index is -1.61. The molecule has 5 rings (SSSR count). The van der Waals surface area contributed by atoms with Gasteiger partial charge in [-0.3, -0.25) is 14.5 Å². The lowest BCUT2D eigenvalue weighted by Gasteiger charge is -2.27. The van der Waals surface area contributed by atoms with Gasteiger partial charge in [0.1, 0.15) is 11.6 Å². The molecule has 0 saturated heterocycles. The van der Waals surface area contributed by atoms with E-state index in [9.17, 15) is 18.4 Å². The van der Waals surface area contributed by atoms with E-state index in [4.69, 9.17) is 11.0 Å². The zero-order valence-corrected chi connectivity index (χ0v) is 21.4. The Morgan fingerprint density at radius 2 is 1.48 bits per heavy atom. The van der Waals surface area contributed by atoms with Gasteiger partial charge in [-0.15, -0.1) is 0 Å². The fraction of sp³-hybridized carbons (Fsp3) is 0.125. The van der Waals surface area contributed by atoms with E-state index in [-0.39, 0.29) is 24.7 Å². The summed E-state index contributed by atoms with van der Waals surface area (Å²) in [4.78, 5) is 32.8. The number of hydrogen-bond donors (Lipinski definition) is 1. The number of aryl methyl sites for hydroxylation is 1. The van der Waals surface area contributed by atoms with Crippen molar-refractivity contribution in [3.8, 4) is 6.07 Å². The van der Waals surface area contributed by atoms with Crippen molar-refractivity contribution in [3.05, 3.63) is 142 Å². The number of ketones is 1. The van der Waals surface area contributed by atoms with Crippen LogP contribution in [0.4, 0.5) is 8.78 Å². The summed E-state index contributed by atoms with van der Waals surface area (Å²) >= 11 is 0. The molecule has 0 atom stereocenters. The van der Waals surface area contributed by atoms with Gasteiger partial charge < -0.3 is 5.73 Å². The lowest BCUT2D eigenvalue weighted by atomic mass is 9.82. The molecule has 0 aromatic heterocycles. The molecule has 0 radical (unpaired) electrons. The summed E-state index contributed by atoms with van der Waals surface area (Å²) in [6.07, 6.45) is 0.802. The van der Waals surface area contributed by atoms with Crippen LogP contribution >= 0.6 is 0 Å².